The van der Waals surface area contributed by atoms with E-state index in [1.165, 1.54) is 0 Å². The van der Waals surface area contributed by atoms with E-state index in [2.05, 4.69) is 0 Å². The average Bonchev–Trinajstić information content (AvgIpc) is 2.13. The Hall–Kier alpha value is -0.570. The number of aliphatic carboxylic acids is 1. The third-order valence-corrected chi connectivity index (χ3v) is 1.58. The highest BCUT2D eigenvalue weighted by atomic mass is 16.4. The fourth-order valence-corrected chi connectivity index (χ4v) is 0.750. The van der Waals surface area contributed by atoms with Crippen molar-refractivity contribution in [3.63, 3.8) is 0 Å². The van der Waals surface area contributed by atoms with E-state index >= 15 is 0 Å². The number of rotatable bonds is 1. The largest absolute Gasteiger partial charge is 0.481 e. The van der Waals surface area contributed by atoms with E-state index in [9.17, 15) is 4.79 Å². The van der Waals surface area contributed by atoms with Crippen LogP contribution in [0.1, 0.15) is 13.3 Å². The van der Waals surface area contributed by atoms with Crippen molar-refractivity contribution in [2.24, 2.45) is 11.7 Å². The highest BCUT2D eigenvalue weighted by molar-refractivity contribution is 5.75. The third-order valence-electron chi connectivity index (χ3n) is 1.58. The van der Waals surface area contributed by atoms with Crippen LogP contribution in [0.4, 0.5) is 0 Å². The van der Waals surface area contributed by atoms with Crippen LogP contribution >= 0.6 is 0 Å². The lowest BCUT2D eigenvalue weighted by molar-refractivity contribution is -0.138. The Kier molecular flexibility index (Phi) is 0.854. The third kappa shape index (κ3) is 0.690. The molecule has 1 rings (SSSR count). The van der Waals surface area contributed by atoms with Gasteiger partial charge in [0, 0.05) is 5.54 Å². The fourth-order valence-electron chi connectivity index (χ4n) is 0.750. The minimum atomic E-state index is -0.769. The molecule has 0 aliphatic heterocycles. The molecule has 0 saturated heterocycles. The van der Waals surface area contributed by atoms with Gasteiger partial charge < -0.3 is 10.8 Å². The van der Waals surface area contributed by atoms with Crippen LogP contribution in [-0.4, -0.2) is 16.6 Å². The Balaban J connectivity index is 2.48. The van der Waals surface area contributed by atoms with Gasteiger partial charge in [-0.15, -0.1) is 0 Å². The van der Waals surface area contributed by atoms with Crippen molar-refractivity contribution >= 4 is 5.97 Å². The molecule has 1 aliphatic carbocycles. The van der Waals surface area contributed by atoms with Crippen LogP contribution in [-0.2, 0) is 4.79 Å². The first-order valence-corrected chi connectivity index (χ1v) is 2.56. The van der Waals surface area contributed by atoms with Crippen LogP contribution in [0, 0.1) is 5.92 Å². The molecular formula is C5H9NO2. The van der Waals surface area contributed by atoms with Crippen LogP contribution in [0.15, 0.2) is 0 Å². The molecule has 0 aromatic rings. The van der Waals surface area contributed by atoms with Crippen LogP contribution < -0.4 is 5.73 Å². The summed E-state index contributed by atoms with van der Waals surface area (Å²) in [6, 6.07) is 0. The molecule has 8 heavy (non-hydrogen) atoms. The Morgan fingerprint density at radius 2 is 2.38 bits per heavy atom. The molecule has 0 amide bonds. The van der Waals surface area contributed by atoms with Gasteiger partial charge in [-0.2, -0.15) is 0 Å². The van der Waals surface area contributed by atoms with E-state index in [1.54, 1.807) is 6.92 Å². The van der Waals surface area contributed by atoms with Gasteiger partial charge in [0.05, 0.1) is 5.92 Å². The first-order valence-electron chi connectivity index (χ1n) is 2.56. The zero-order valence-corrected chi connectivity index (χ0v) is 4.72. The Morgan fingerprint density at radius 3 is 2.38 bits per heavy atom. The molecule has 0 aromatic heterocycles. The predicted octanol–water partition coefficient (Wildman–Crippen LogP) is -0.192. The first-order chi connectivity index (χ1) is 3.54. The smallest absolute Gasteiger partial charge is 0.308 e. The van der Waals surface area contributed by atoms with Crippen LogP contribution in [0.3, 0.4) is 0 Å². The number of hydrogen-bond acceptors (Lipinski definition) is 2. The number of carboxylic acid groups (broad SMARTS) is 1. The predicted molar refractivity (Wildman–Crippen MR) is 28.3 cm³/mol. The van der Waals surface area contributed by atoms with E-state index in [-0.39, 0.29) is 5.92 Å². The Morgan fingerprint density at radius 1 is 2.00 bits per heavy atom. The van der Waals surface area contributed by atoms with Gasteiger partial charge in [-0.1, -0.05) is 0 Å². The second kappa shape index (κ2) is 1.23. The monoisotopic (exact) mass is 115 g/mol. The summed E-state index contributed by atoms with van der Waals surface area (Å²) >= 11 is 0. The highest BCUT2D eigenvalue weighted by Crippen LogP contribution is 2.40. The molecule has 0 bridgehead atoms. The number of carbonyl (C=O) groups is 1. The average molecular weight is 115 g/mol. The van der Waals surface area contributed by atoms with Gasteiger partial charge in [0.2, 0.25) is 0 Å². The maximum Gasteiger partial charge on any atom is 0.308 e. The minimum absolute atomic E-state index is 0.289. The molecule has 3 nitrogen and oxygen atoms in total. The normalized spacial score (nSPS) is 44.0. The van der Waals surface area contributed by atoms with Gasteiger partial charge in [0.15, 0.2) is 0 Å². The van der Waals surface area contributed by atoms with Gasteiger partial charge >= 0.3 is 5.97 Å². The minimum Gasteiger partial charge on any atom is -0.481 e. The number of carboxylic acids is 1. The molecule has 2 unspecified atom stereocenters. The van der Waals surface area contributed by atoms with E-state index in [4.69, 9.17) is 10.8 Å². The molecule has 0 heterocycles. The second-order valence-electron chi connectivity index (χ2n) is 2.60. The van der Waals surface area contributed by atoms with Crippen molar-refractivity contribution in [1.29, 1.82) is 0 Å². The first kappa shape index (κ1) is 5.56. The molecule has 3 heteroatoms. The van der Waals surface area contributed by atoms with Crippen molar-refractivity contribution in [3.8, 4) is 0 Å². The quantitative estimate of drug-likeness (QED) is 0.497. The van der Waals surface area contributed by atoms with Gasteiger partial charge in [-0.25, -0.2) is 0 Å². The van der Waals surface area contributed by atoms with Crippen molar-refractivity contribution in [3.05, 3.63) is 0 Å². The highest BCUT2D eigenvalue weighted by Gasteiger charge is 2.51. The number of nitrogens with two attached hydrogens (primary N) is 1. The lowest BCUT2D eigenvalue weighted by atomic mass is 10.3. The van der Waals surface area contributed by atoms with Gasteiger partial charge in [0.1, 0.15) is 0 Å². The van der Waals surface area contributed by atoms with Crippen molar-refractivity contribution in [2.75, 3.05) is 0 Å². The fraction of sp³-hybridized carbons (Fsp3) is 0.800. The summed E-state index contributed by atoms with van der Waals surface area (Å²) in [6.07, 6.45) is 0.627. The van der Waals surface area contributed by atoms with Crippen LogP contribution in [0.2, 0.25) is 0 Å². The van der Waals surface area contributed by atoms with Gasteiger partial charge in [-0.3, -0.25) is 4.79 Å². The summed E-state index contributed by atoms with van der Waals surface area (Å²) in [6.45, 7) is 1.76. The maximum atomic E-state index is 10.1. The molecule has 1 fully saturated rings. The van der Waals surface area contributed by atoms with E-state index in [1.807, 2.05) is 0 Å². The second-order valence-corrected chi connectivity index (χ2v) is 2.60. The van der Waals surface area contributed by atoms with Gasteiger partial charge in [-0.05, 0) is 13.3 Å². The van der Waals surface area contributed by atoms with Crippen LogP contribution in [0.5, 0.6) is 0 Å². The molecule has 1 saturated carbocycles. The summed E-state index contributed by atoms with van der Waals surface area (Å²) in [4.78, 5) is 10.1. The molecule has 0 radical (unpaired) electrons. The molecular weight excluding hydrogens is 106 g/mol. The standard InChI is InChI=1S/C5H9NO2/c1-5(6)2-3(5)4(7)8/h3H,2,6H2,1H3,(H,7,8). The Labute approximate surface area is 47.5 Å². The van der Waals surface area contributed by atoms with Gasteiger partial charge in [0.25, 0.3) is 0 Å². The molecule has 0 spiro atoms. The van der Waals surface area contributed by atoms with Crippen molar-refractivity contribution in [2.45, 2.75) is 18.9 Å². The topological polar surface area (TPSA) is 63.3 Å². The molecule has 3 N–H and O–H groups in total. The summed E-state index contributed by atoms with van der Waals surface area (Å²) in [5.41, 5.74) is 5.02. The zero-order chi connectivity index (χ0) is 6.36. The SMILES string of the molecule is CC1(N)CC1C(=O)O. The zero-order valence-electron chi connectivity index (χ0n) is 4.72. The van der Waals surface area contributed by atoms with E-state index < -0.39 is 11.5 Å². The van der Waals surface area contributed by atoms with Crippen LogP contribution in [0.25, 0.3) is 0 Å². The Bertz CT molecular complexity index is 130. The van der Waals surface area contributed by atoms with Crippen molar-refractivity contribution < 1.29 is 9.90 Å². The lowest BCUT2D eigenvalue weighted by Gasteiger charge is -1.95. The van der Waals surface area contributed by atoms with E-state index in [0.29, 0.717) is 6.42 Å². The van der Waals surface area contributed by atoms with Crippen molar-refractivity contribution in [1.82, 2.24) is 0 Å². The maximum absolute atomic E-state index is 10.1. The lowest BCUT2D eigenvalue weighted by Crippen LogP contribution is -2.22. The summed E-state index contributed by atoms with van der Waals surface area (Å²) in [5, 5.41) is 8.31. The molecule has 2 atom stereocenters. The summed E-state index contributed by atoms with van der Waals surface area (Å²) < 4.78 is 0. The van der Waals surface area contributed by atoms with E-state index in [0.717, 1.165) is 0 Å². The number of hydrogen-bond donors (Lipinski definition) is 2. The molecule has 0 aromatic carbocycles. The molecule has 46 valence electrons. The molecule has 1 aliphatic rings. The summed E-state index contributed by atoms with van der Waals surface area (Å²) in [7, 11) is 0. The summed E-state index contributed by atoms with van der Waals surface area (Å²) in [5.74, 6) is -1.06.